The third kappa shape index (κ3) is 11.5. The molecule has 0 saturated heterocycles. The van der Waals surface area contributed by atoms with Crippen molar-refractivity contribution < 1.29 is 25.5 Å². The summed E-state index contributed by atoms with van der Waals surface area (Å²) in [5.74, 6) is 0. The van der Waals surface area contributed by atoms with Crippen molar-refractivity contribution in [2.24, 2.45) is 0 Å². The van der Waals surface area contributed by atoms with Crippen molar-refractivity contribution in [1.29, 1.82) is 0 Å². The molecule has 90 valence electrons. The average Bonchev–Trinajstić information content (AvgIpc) is 2.05. The van der Waals surface area contributed by atoms with E-state index in [9.17, 15) is 0 Å². The van der Waals surface area contributed by atoms with Gasteiger partial charge in [-0.2, -0.15) is 0 Å². The first kappa shape index (κ1) is 17.8. The minimum absolute atomic E-state index is 0. The Balaban J connectivity index is 0. The minimum Gasteiger partial charge on any atom is -0.691 e. The van der Waals surface area contributed by atoms with E-state index in [1.165, 1.54) is 0 Å². The van der Waals surface area contributed by atoms with Crippen molar-refractivity contribution in [1.82, 2.24) is 0 Å². The van der Waals surface area contributed by atoms with Gasteiger partial charge in [0.25, 0.3) is 0 Å². The van der Waals surface area contributed by atoms with Crippen molar-refractivity contribution in [3.8, 4) is 0 Å². The number of hydrogen-bond acceptors (Lipinski definition) is 4. The summed E-state index contributed by atoms with van der Waals surface area (Å²) in [6, 6.07) is 0. The summed E-state index contributed by atoms with van der Waals surface area (Å²) < 4.78 is 10.7. The second-order valence-electron chi connectivity index (χ2n) is 2.82. The van der Waals surface area contributed by atoms with Crippen LogP contribution in [0.3, 0.4) is 0 Å². The summed E-state index contributed by atoms with van der Waals surface area (Å²) in [6.07, 6.45) is 4.21. The Morgan fingerprint density at radius 2 is 1.43 bits per heavy atom. The molecular formula is C8H18NiO2PS2-. The molecule has 0 radical (unpaired) electrons. The van der Waals surface area contributed by atoms with Gasteiger partial charge in [-0.15, -0.1) is 0 Å². The van der Waals surface area contributed by atoms with Crippen LogP contribution < -0.4 is 0 Å². The molecule has 0 aromatic carbocycles. The Bertz CT molecular complexity index is 155. The van der Waals surface area contributed by atoms with Gasteiger partial charge in [-0.1, -0.05) is 38.5 Å². The van der Waals surface area contributed by atoms with Crippen molar-refractivity contribution in [3.05, 3.63) is 0 Å². The van der Waals surface area contributed by atoms with E-state index in [1.807, 2.05) is 0 Å². The molecule has 0 fully saturated rings. The molecule has 0 aromatic heterocycles. The molecule has 0 aromatic rings. The first-order valence-electron chi connectivity index (χ1n) is 4.72. The van der Waals surface area contributed by atoms with Crippen LogP contribution in [0.5, 0.6) is 0 Å². The minimum atomic E-state index is -2.34. The topological polar surface area (TPSA) is 18.5 Å². The fourth-order valence-electron chi connectivity index (χ4n) is 0.679. The molecule has 0 aliphatic heterocycles. The number of hydrogen-bond donors (Lipinski definition) is 0. The van der Waals surface area contributed by atoms with Crippen LogP contribution >= 0.6 is 5.69 Å². The van der Waals surface area contributed by atoms with Gasteiger partial charge in [-0.05, 0) is 12.8 Å². The van der Waals surface area contributed by atoms with E-state index in [0.29, 0.717) is 13.2 Å². The third-order valence-electron chi connectivity index (χ3n) is 1.49. The maximum absolute atomic E-state index is 5.33. The fraction of sp³-hybridized carbons (Fsp3) is 1.00. The molecule has 0 saturated carbocycles. The van der Waals surface area contributed by atoms with Crippen molar-refractivity contribution in [2.75, 3.05) is 13.2 Å². The molecule has 2 nitrogen and oxygen atoms in total. The van der Waals surface area contributed by atoms with Crippen LogP contribution in [-0.4, -0.2) is 13.2 Å². The first-order chi connectivity index (χ1) is 6.12. The molecule has 0 atom stereocenters. The van der Waals surface area contributed by atoms with Gasteiger partial charge in [-0.3, -0.25) is 0 Å². The quantitative estimate of drug-likeness (QED) is 0.296. The standard InChI is InChI=1S/C8H19O2PS2.Ni/c1-3-5-7-9-11(12,13)10-8-6-4-2;/h3-8H2,1-2H3,(H,12,13);/p-1. The first-order valence-corrected chi connectivity index (χ1v) is 8.37. The molecular weight excluding hydrogens is 282 g/mol. The van der Waals surface area contributed by atoms with Gasteiger partial charge < -0.3 is 21.3 Å². The number of rotatable bonds is 8. The Kier molecular flexibility index (Phi) is 13.9. The maximum Gasteiger partial charge on any atom is 0.0563 e. The normalized spacial score (nSPS) is 11.1. The van der Waals surface area contributed by atoms with Crippen molar-refractivity contribution >= 4 is 29.7 Å². The molecule has 0 rings (SSSR count). The summed E-state index contributed by atoms with van der Waals surface area (Å²) in [5.41, 5.74) is -2.34. The van der Waals surface area contributed by atoms with E-state index in [-0.39, 0.29) is 16.5 Å². The number of unbranched alkanes of at least 4 members (excludes halogenated alkanes) is 2. The Hall–Kier alpha value is 1.41. The zero-order chi connectivity index (χ0) is 10.2. The average molecular weight is 300 g/mol. The SMILES string of the molecule is CCCCOP(=S)([S-])OCCCC.[Ni]. The third-order valence-corrected chi connectivity index (χ3v) is 3.76. The van der Waals surface area contributed by atoms with Crippen LogP contribution in [-0.2, 0) is 49.6 Å². The van der Waals surface area contributed by atoms with Gasteiger partial charge >= 0.3 is 0 Å². The molecule has 0 unspecified atom stereocenters. The molecule has 0 spiro atoms. The summed E-state index contributed by atoms with van der Waals surface area (Å²) in [6.45, 7) is 5.50. The van der Waals surface area contributed by atoms with E-state index >= 15 is 0 Å². The monoisotopic (exact) mass is 299 g/mol. The molecule has 0 aliphatic rings. The second kappa shape index (κ2) is 10.9. The van der Waals surface area contributed by atoms with Crippen LogP contribution in [0.25, 0.3) is 0 Å². The molecule has 6 heteroatoms. The molecule has 0 bridgehead atoms. The summed E-state index contributed by atoms with van der Waals surface area (Å²) in [7, 11) is 0. The summed E-state index contributed by atoms with van der Waals surface area (Å²) in [5, 5.41) is 0. The maximum atomic E-state index is 5.33. The van der Waals surface area contributed by atoms with Crippen LogP contribution in [0.1, 0.15) is 39.5 Å². The zero-order valence-corrected chi connectivity index (χ0v) is 12.2. The predicted octanol–water partition coefficient (Wildman–Crippen LogP) is 3.39. The predicted molar refractivity (Wildman–Crippen MR) is 63.4 cm³/mol. The van der Waals surface area contributed by atoms with E-state index < -0.39 is 5.69 Å². The summed E-state index contributed by atoms with van der Waals surface area (Å²) >= 11 is 10.1. The summed E-state index contributed by atoms with van der Waals surface area (Å²) in [4.78, 5) is 0. The molecule has 14 heavy (non-hydrogen) atoms. The van der Waals surface area contributed by atoms with E-state index in [4.69, 9.17) is 33.1 Å². The fourth-order valence-corrected chi connectivity index (χ4v) is 2.35. The molecule has 0 aliphatic carbocycles. The Morgan fingerprint density at radius 1 is 1.07 bits per heavy atom. The smallest absolute Gasteiger partial charge is 0.0563 e. The molecule has 0 N–H and O–H groups in total. The van der Waals surface area contributed by atoms with Crippen LogP contribution in [0, 0.1) is 0 Å². The molecule has 0 heterocycles. The zero-order valence-electron chi connectivity index (χ0n) is 8.64. The van der Waals surface area contributed by atoms with Gasteiger partial charge in [0.2, 0.25) is 0 Å². The van der Waals surface area contributed by atoms with E-state index in [2.05, 4.69) is 13.8 Å². The van der Waals surface area contributed by atoms with Crippen molar-refractivity contribution in [3.63, 3.8) is 0 Å². The van der Waals surface area contributed by atoms with Crippen LogP contribution in [0.15, 0.2) is 0 Å². The largest absolute Gasteiger partial charge is 0.691 e. The van der Waals surface area contributed by atoms with Crippen molar-refractivity contribution in [2.45, 2.75) is 39.5 Å². The van der Waals surface area contributed by atoms with Crippen LogP contribution in [0.4, 0.5) is 0 Å². The van der Waals surface area contributed by atoms with Crippen LogP contribution in [0.2, 0.25) is 0 Å². The Morgan fingerprint density at radius 3 is 1.71 bits per heavy atom. The van der Waals surface area contributed by atoms with Gasteiger partial charge in [0.05, 0.1) is 18.9 Å². The van der Waals surface area contributed by atoms with Gasteiger partial charge in [0.1, 0.15) is 0 Å². The van der Waals surface area contributed by atoms with Gasteiger partial charge in [0.15, 0.2) is 0 Å². The Labute approximate surface area is 108 Å². The second-order valence-corrected chi connectivity index (χ2v) is 7.81. The molecule has 0 amide bonds. The van der Waals surface area contributed by atoms with Gasteiger partial charge in [-0.25, -0.2) is 0 Å². The van der Waals surface area contributed by atoms with Gasteiger partial charge in [0, 0.05) is 16.5 Å². The van der Waals surface area contributed by atoms with E-state index in [0.717, 1.165) is 25.7 Å². The van der Waals surface area contributed by atoms with E-state index in [1.54, 1.807) is 0 Å².